The van der Waals surface area contributed by atoms with Crippen molar-refractivity contribution in [2.75, 3.05) is 52.4 Å². The van der Waals surface area contributed by atoms with Gasteiger partial charge in [-0.15, -0.1) is 11.3 Å². The van der Waals surface area contributed by atoms with Gasteiger partial charge >= 0.3 is 0 Å². The molecule has 1 aromatic carbocycles. The molecule has 0 spiro atoms. The molecule has 202 valence electrons. The topological polar surface area (TPSA) is 93.2 Å². The molecular weight excluding hydrogens is 492 g/mol. The number of amides is 2. The SMILES string of the molecule is CO[C@H]1CN(C)C(=O)c2ccc(NC(=O)C3CCOCC3)cc2OC[C@@H](C)N(Cc2nccs2)C[C@H]1C. The summed E-state index contributed by atoms with van der Waals surface area (Å²) in [5.41, 5.74) is 1.08. The molecule has 0 aliphatic carbocycles. The molecule has 2 aromatic rings. The van der Waals surface area contributed by atoms with E-state index in [0.717, 1.165) is 11.6 Å². The summed E-state index contributed by atoms with van der Waals surface area (Å²) in [6.07, 6.45) is 3.12. The highest BCUT2D eigenvalue weighted by atomic mass is 32.1. The van der Waals surface area contributed by atoms with Crippen LogP contribution in [0.5, 0.6) is 5.75 Å². The van der Waals surface area contributed by atoms with Gasteiger partial charge in [-0.2, -0.15) is 0 Å². The van der Waals surface area contributed by atoms with Crippen molar-refractivity contribution in [3.63, 3.8) is 0 Å². The first-order valence-electron chi connectivity index (χ1n) is 12.9. The fraction of sp³-hybridized carbons (Fsp3) is 0.593. The molecule has 3 heterocycles. The van der Waals surface area contributed by atoms with Gasteiger partial charge in [0.05, 0.1) is 18.2 Å². The van der Waals surface area contributed by atoms with Crippen molar-refractivity contribution in [1.82, 2.24) is 14.8 Å². The average molecular weight is 531 g/mol. The summed E-state index contributed by atoms with van der Waals surface area (Å²) in [5.74, 6) is 0.407. The Morgan fingerprint density at radius 1 is 1.24 bits per heavy atom. The van der Waals surface area contributed by atoms with Crippen LogP contribution in [0, 0.1) is 11.8 Å². The Bertz CT molecular complexity index is 1040. The highest BCUT2D eigenvalue weighted by Gasteiger charge is 2.29. The van der Waals surface area contributed by atoms with Gasteiger partial charge in [0.15, 0.2) is 0 Å². The third-order valence-electron chi connectivity index (χ3n) is 7.26. The predicted octanol–water partition coefficient (Wildman–Crippen LogP) is 3.51. The number of anilines is 1. The minimum Gasteiger partial charge on any atom is -0.491 e. The first-order chi connectivity index (χ1) is 17.9. The number of hydrogen-bond acceptors (Lipinski definition) is 8. The summed E-state index contributed by atoms with van der Waals surface area (Å²) in [6, 6.07) is 5.33. The van der Waals surface area contributed by atoms with Gasteiger partial charge in [-0.05, 0) is 37.8 Å². The number of fused-ring (bicyclic) bond motifs is 1. The lowest BCUT2D eigenvalue weighted by Crippen LogP contribution is -2.46. The quantitative estimate of drug-likeness (QED) is 0.632. The Balaban J connectivity index is 1.59. The maximum Gasteiger partial charge on any atom is 0.257 e. The molecule has 3 atom stereocenters. The molecule has 37 heavy (non-hydrogen) atoms. The molecule has 0 radical (unpaired) electrons. The van der Waals surface area contributed by atoms with Crippen LogP contribution in [0.3, 0.4) is 0 Å². The van der Waals surface area contributed by atoms with E-state index in [4.69, 9.17) is 14.2 Å². The van der Waals surface area contributed by atoms with E-state index in [-0.39, 0.29) is 35.8 Å². The van der Waals surface area contributed by atoms with Crippen molar-refractivity contribution in [2.45, 2.75) is 45.4 Å². The standard InChI is InChI=1S/C27H38N4O5S/c1-18-14-31(16-25-28-9-12-37-25)19(2)17-36-23-13-21(29-26(32)20-7-10-35-11-8-20)5-6-22(23)27(33)30(3)15-24(18)34-4/h5-6,9,12-13,18-20,24H,7-8,10-11,14-17H2,1-4H3,(H,29,32)/t18-,19-,24+/m1/s1. The minimum absolute atomic E-state index is 0.0280. The lowest BCUT2D eigenvalue weighted by atomic mass is 9.99. The predicted molar refractivity (Wildman–Crippen MR) is 143 cm³/mol. The average Bonchev–Trinajstić information content (AvgIpc) is 3.42. The van der Waals surface area contributed by atoms with Gasteiger partial charge in [0.2, 0.25) is 5.91 Å². The van der Waals surface area contributed by atoms with E-state index in [2.05, 4.69) is 29.0 Å². The van der Waals surface area contributed by atoms with Crippen molar-refractivity contribution in [3.05, 3.63) is 40.3 Å². The molecule has 2 amide bonds. The van der Waals surface area contributed by atoms with Crippen LogP contribution in [0.2, 0.25) is 0 Å². The number of likely N-dealkylation sites (N-methyl/N-ethyl adjacent to an activating group) is 1. The molecule has 9 nitrogen and oxygen atoms in total. The summed E-state index contributed by atoms with van der Waals surface area (Å²) in [5, 5.41) is 6.04. The van der Waals surface area contributed by atoms with E-state index >= 15 is 0 Å². The largest absolute Gasteiger partial charge is 0.491 e. The van der Waals surface area contributed by atoms with Crippen molar-refractivity contribution >= 4 is 28.8 Å². The smallest absolute Gasteiger partial charge is 0.257 e. The zero-order valence-electron chi connectivity index (χ0n) is 22.1. The second kappa shape index (κ2) is 12.8. The number of rotatable bonds is 5. The minimum atomic E-state index is -0.139. The molecule has 1 N–H and O–H groups in total. The Hall–Kier alpha value is -2.53. The van der Waals surface area contributed by atoms with E-state index in [1.54, 1.807) is 48.6 Å². The van der Waals surface area contributed by atoms with Gasteiger partial charge in [-0.1, -0.05) is 6.92 Å². The summed E-state index contributed by atoms with van der Waals surface area (Å²) in [6.45, 7) is 7.81. The molecule has 1 aromatic heterocycles. The molecule has 4 rings (SSSR count). The molecule has 0 bridgehead atoms. The Labute approximate surface area is 223 Å². The van der Waals surface area contributed by atoms with Gasteiger partial charge in [0.1, 0.15) is 17.4 Å². The summed E-state index contributed by atoms with van der Waals surface area (Å²) >= 11 is 1.64. The van der Waals surface area contributed by atoms with Gasteiger partial charge < -0.3 is 24.4 Å². The summed E-state index contributed by atoms with van der Waals surface area (Å²) < 4.78 is 17.5. The number of hydrogen-bond donors (Lipinski definition) is 1. The number of nitrogens with one attached hydrogen (secondary N) is 1. The van der Waals surface area contributed by atoms with Crippen molar-refractivity contribution in [2.24, 2.45) is 11.8 Å². The van der Waals surface area contributed by atoms with Gasteiger partial charge in [0, 0.05) is 75.8 Å². The fourth-order valence-corrected chi connectivity index (χ4v) is 5.49. The normalized spacial score (nSPS) is 24.5. The summed E-state index contributed by atoms with van der Waals surface area (Å²) in [7, 11) is 3.48. The number of carbonyl (C=O) groups excluding carboxylic acids is 2. The second-order valence-electron chi connectivity index (χ2n) is 10.0. The Kier molecular flexibility index (Phi) is 9.53. The van der Waals surface area contributed by atoms with Crippen LogP contribution >= 0.6 is 11.3 Å². The van der Waals surface area contributed by atoms with Crippen LogP contribution in [0.1, 0.15) is 42.1 Å². The molecule has 2 aliphatic rings. The van der Waals surface area contributed by atoms with Gasteiger partial charge in [-0.25, -0.2) is 4.98 Å². The highest BCUT2D eigenvalue weighted by molar-refractivity contribution is 7.09. The number of aromatic nitrogens is 1. The first kappa shape index (κ1) is 27.5. The monoisotopic (exact) mass is 530 g/mol. The molecular formula is C27H38N4O5S. The second-order valence-corrected chi connectivity index (χ2v) is 11.0. The maximum absolute atomic E-state index is 13.4. The van der Waals surface area contributed by atoms with Crippen LogP contribution in [-0.4, -0.2) is 85.8 Å². The number of ether oxygens (including phenoxy) is 3. The number of methoxy groups -OCH3 is 1. The summed E-state index contributed by atoms with van der Waals surface area (Å²) in [4.78, 5) is 34.7. The van der Waals surface area contributed by atoms with Crippen LogP contribution in [0.4, 0.5) is 5.69 Å². The van der Waals surface area contributed by atoms with Crippen LogP contribution < -0.4 is 10.1 Å². The number of benzene rings is 1. The van der Waals surface area contributed by atoms with E-state index in [0.29, 0.717) is 62.8 Å². The molecule has 1 fully saturated rings. The molecule has 0 unspecified atom stereocenters. The third kappa shape index (κ3) is 7.07. The van der Waals surface area contributed by atoms with Crippen LogP contribution in [0.25, 0.3) is 0 Å². The fourth-order valence-electron chi connectivity index (χ4n) is 4.85. The zero-order chi connectivity index (χ0) is 26.4. The first-order valence-corrected chi connectivity index (χ1v) is 13.8. The Morgan fingerprint density at radius 3 is 2.73 bits per heavy atom. The molecule has 1 saturated heterocycles. The van der Waals surface area contributed by atoms with E-state index in [1.165, 1.54) is 0 Å². The van der Waals surface area contributed by atoms with E-state index in [1.807, 2.05) is 11.6 Å². The lowest BCUT2D eigenvalue weighted by Gasteiger charge is -2.35. The number of thiazole rings is 1. The zero-order valence-corrected chi connectivity index (χ0v) is 23.0. The molecule has 2 aliphatic heterocycles. The lowest BCUT2D eigenvalue weighted by molar-refractivity contribution is -0.122. The highest BCUT2D eigenvalue weighted by Crippen LogP contribution is 2.28. The third-order valence-corrected chi connectivity index (χ3v) is 8.02. The van der Waals surface area contributed by atoms with E-state index < -0.39 is 0 Å². The van der Waals surface area contributed by atoms with Crippen molar-refractivity contribution < 1.29 is 23.8 Å². The van der Waals surface area contributed by atoms with Gasteiger partial charge in [-0.3, -0.25) is 14.5 Å². The Morgan fingerprint density at radius 2 is 2.03 bits per heavy atom. The van der Waals surface area contributed by atoms with Crippen molar-refractivity contribution in [1.29, 1.82) is 0 Å². The molecule has 0 saturated carbocycles. The molecule has 10 heteroatoms. The van der Waals surface area contributed by atoms with Crippen molar-refractivity contribution in [3.8, 4) is 5.75 Å². The maximum atomic E-state index is 13.4. The van der Waals surface area contributed by atoms with E-state index in [9.17, 15) is 9.59 Å². The van der Waals surface area contributed by atoms with Gasteiger partial charge in [0.25, 0.3) is 5.91 Å². The number of carbonyl (C=O) groups is 2. The van der Waals surface area contributed by atoms with Crippen LogP contribution in [-0.2, 0) is 20.8 Å². The van der Waals surface area contributed by atoms with Crippen LogP contribution in [0.15, 0.2) is 29.8 Å². The number of nitrogens with zero attached hydrogens (tertiary/aromatic N) is 3.